The van der Waals surface area contributed by atoms with Gasteiger partial charge < -0.3 is 5.32 Å². The summed E-state index contributed by atoms with van der Waals surface area (Å²) in [5, 5.41) is 3.15. The lowest BCUT2D eigenvalue weighted by Crippen LogP contribution is -2.41. The van der Waals surface area contributed by atoms with Crippen molar-refractivity contribution in [3.8, 4) is 0 Å². The molecule has 2 atom stereocenters. The Kier molecular flexibility index (Phi) is 2.27. The van der Waals surface area contributed by atoms with Crippen molar-refractivity contribution in [1.29, 1.82) is 0 Å². The molecule has 14 heavy (non-hydrogen) atoms. The largest absolute Gasteiger partial charge is 0.311 e. The maximum atomic E-state index is 11.6. The van der Waals surface area contributed by atoms with Crippen molar-refractivity contribution in [2.75, 3.05) is 12.3 Å². The minimum atomic E-state index is -3.36. The molecule has 0 bridgehead atoms. The molecule has 2 fully saturated rings. The molecule has 2 saturated heterocycles. The van der Waals surface area contributed by atoms with Gasteiger partial charge in [0.05, 0.1) is 11.8 Å². The van der Waals surface area contributed by atoms with Crippen molar-refractivity contribution in [2.24, 2.45) is 0 Å². The van der Waals surface area contributed by atoms with Crippen LogP contribution in [0.5, 0.6) is 0 Å². The number of amides is 1. The summed E-state index contributed by atoms with van der Waals surface area (Å²) in [6, 6.07) is -0.0868. The Labute approximate surface area is 83.5 Å². The SMILES string of the molecule is CCS(=O)(=O)N1C(=O)CC2NCCC21. The van der Waals surface area contributed by atoms with E-state index in [1.807, 2.05) is 0 Å². The van der Waals surface area contributed by atoms with E-state index in [1.54, 1.807) is 6.92 Å². The van der Waals surface area contributed by atoms with Crippen LogP contribution in [0.4, 0.5) is 0 Å². The molecule has 2 aliphatic heterocycles. The molecule has 0 radical (unpaired) electrons. The van der Waals surface area contributed by atoms with E-state index in [-0.39, 0.29) is 23.7 Å². The zero-order valence-corrected chi connectivity index (χ0v) is 8.88. The number of carbonyl (C=O) groups excluding carboxylic acids is 1. The highest BCUT2D eigenvalue weighted by molar-refractivity contribution is 7.89. The van der Waals surface area contributed by atoms with Crippen LogP contribution in [-0.4, -0.2) is 43.0 Å². The second kappa shape index (κ2) is 3.20. The normalized spacial score (nSPS) is 32.4. The Balaban J connectivity index is 2.30. The molecule has 2 heterocycles. The molecule has 1 amide bonds. The van der Waals surface area contributed by atoms with Gasteiger partial charge in [0.1, 0.15) is 0 Å². The summed E-state index contributed by atoms with van der Waals surface area (Å²) >= 11 is 0. The van der Waals surface area contributed by atoms with E-state index in [2.05, 4.69) is 5.32 Å². The van der Waals surface area contributed by atoms with E-state index in [0.29, 0.717) is 6.42 Å². The van der Waals surface area contributed by atoms with Gasteiger partial charge in [-0.2, -0.15) is 0 Å². The van der Waals surface area contributed by atoms with Gasteiger partial charge in [0.25, 0.3) is 0 Å². The topological polar surface area (TPSA) is 66.5 Å². The first-order valence-corrected chi connectivity index (χ1v) is 6.45. The molecular weight excluding hydrogens is 204 g/mol. The van der Waals surface area contributed by atoms with Crippen molar-refractivity contribution < 1.29 is 13.2 Å². The van der Waals surface area contributed by atoms with Gasteiger partial charge in [0.15, 0.2) is 0 Å². The Bertz CT molecular complexity index is 352. The number of nitrogens with one attached hydrogen (secondary N) is 1. The quantitative estimate of drug-likeness (QED) is 0.665. The minimum Gasteiger partial charge on any atom is -0.311 e. The van der Waals surface area contributed by atoms with Gasteiger partial charge in [0.2, 0.25) is 15.9 Å². The molecular formula is C8H14N2O3S. The van der Waals surface area contributed by atoms with Crippen molar-refractivity contribution >= 4 is 15.9 Å². The lowest BCUT2D eigenvalue weighted by molar-refractivity contribution is -0.124. The third-order valence-electron chi connectivity index (χ3n) is 2.92. The number of hydrogen-bond donors (Lipinski definition) is 1. The maximum absolute atomic E-state index is 11.6. The fourth-order valence-electron chi connectivity index (χ4n) is 2.21. The van der Waals surface area contributed by atoms with Crippen LogP contribution in [0, 0.1) is 0 Å². The first-order chi connectivity index (χ1) is 6.56. The van der Waals surface area contributed by atoms with Crippen LogP contribution >= 0.6 is 0 Å². The molecule has 2 aliphatic rings. The van der Waals surface area contributed by atoms with E-state index in [1.165, 1.54) is 0 Å². The molecule has 0 aromatic heterocycles. The van der Waals surface area contributed by atoms with Crippen LogP contribution in [0.3, 0.4) is 0 Å². The number of sulfonamides is 1. The average molecular weight is 218 g/mol. The summed E-state index contributed by atoms with van der Waals surface area (Å²) in [5.74, 6) is -0.254. The third-order valence-corrected chi connectivity index (χ3v) is 4.72. The third kappa shape index (κ3) is 1.33. The van der Waals surface area contributed by atoms with Crippen LogP contribution in [0.25, 0.3) is 0 Å². The van der Waals surface area contributed by atoms with E-state index in [4.69, 9.17) is 0 Å². The predicted octanol–water partition coefficient (Wildman–Crippen LogP) is -0.701. The predicted molar refractivity (Wildman–Crippen MR) is 51.1 cm³/mol. The van der Waals surface area contributed by atoms with Gasteiger partial charge in [-0.05, 0) is 19.9 Å². The summed E-state index contributed by atoms with van der Waals surface area (Å²) in [6.07, 6.45) is 1.07. The molecule has 1 N–H and O–H groups in total. The van der Waals surface area contributed by atoms with Crippen LogP contribution in [-0.2, 0) is 14.8 Å². The molecule has 2 rings (SSSR count). The monoisotopic (exact) mass is 218 g/mol. The second-order valence-corrected chi connectivity index (χ2v) is 5.85. The number of rotatable bonds is 2. The van der Waals surface area contributed by atoms with Gasteiger partial charge in [0, 0.05) is 12.5 Å². The number of fused-ring (bicyclic) bond motifs is 1. The molecule has 0 aromatic carbocycles. The molecule has 2 unspecified atom stereocenters. The van der Waals surface area contributed by atoms with E-state index in [0.717, 1.165) is 17.3 Å². The van der Waals surface area contributed by atoms with Crippen molar-refractivity contribution in [1.82, 2.24) is 9.62 Å². The fraction of sp³-hybridized carbons (Fsp3) is 0.875. The highest BCUT2D eigenvalue weighted by Crippen LogP contribution is 2.28. The zero-order valence-electron chi connectivity index (χ0n) is 8.06. The summed E-state index contributed by atoms with van der Waals surface area (Å²) in [5.41, 5.74) is 0. The van der Waals surface area contributed by atoms with E-state index in [9.17, 15) is 13.2 Å². The minimum absolute atomic E-state index is 0.00194. The van der Waals surface area contributed by atoms with Gasteiger partial charge >= 0.3 is 0 Å². The fourth-order valence-corrected chi connectivity index (χ4v) is 3.53. The Morgan fingerprint density at radius 2 is 2.29 bits per heavy atom. The number of nitrogens with zero attached hydrogens (tertiary/aromatic N) is 1. The lowest BCUT2D eigenvalue weighted by atomic mass is 10.1. The molecule has 0 aromatic rings. The van der Waals surface area contributed by atoms with Crippen molar-refractivity contribution in [3.63, 3.8) is 0 Å². The molecule has 0 saturated carbocycles. The molecule has 5 nitrogen and oxygen atoms in total. The zero-order chi connectivity index (χ0) is 10.3. The Morgan fingerprint density at radius 1 is 1.57 bits per heavy atom. The summed E-state index contributed by atoms with van der Waals surface area (Å²) < 4.78 is 24.4. The van der Waals surface area contributed by atoms with Gasteiger partial charge in [-0.3, -0.25) is 4.79 Å². The van der Waals surface area contributed by atoms with Crippen LogP contribution in [0.2, 0.25) is 0 Å². The standard InChI is InChI=1S/C8H14N2O3S/c1-2-14(12,13)10-7-3-4-9-6(7)5-8(10)11/h6-7,9H,2-5H2,1H3. The highest BCUT2D eigenvalue weighted by atomic mass is 32.2. The smallest absolute Gasteiger partial charge is 0.238 e. The van der Waals surface area contributed by atoms with Crippen LogP contribution < -0.4 is 5.32 Å². The molecule has 6 heteroatoms. The Hall–Kier alpha value is -0.620. The molecule has 0 spiro atoms. The van der Waals surface area contributed by atoms with Gasteiger partial charge in [-0.1, -0.05) is 0 Å². The highest BCUT2D eigenvalue weighted by Gasteiger charge is 2.47. The van der Waals surface area contributed by atoms with Gasteiger partial charge in [-0.15, -0.1) is 0 Å². The van der Waals surface area contributed by atoms with Crippen LogP contribution in [0.1, 0.15) is 19.8 Å². The number of hydrogen-bond acceptors (Lipinski definition) is 4. The second-order valence-electron chi connectivity index (χ2n) is 3.71. The maximum Gasteiger partial charge on any atom is 0.238 e. The van der Waals surface area contributed by atoms with Crippen LogP contribution in [0.15, 0.2) is 0 Å². The summed E-state index contributed by atoms with van der Waals surface area (Å²) in [4.78, 5) is 11.5. The lowest BCUT2D eigenvalue weighted by Gasteiger charge is -2.22. The van der Waals surface area contributed by atoms with Gasteiger partial charge in [-0.25, -0.2) is 12.7 Å². The summed E-state index contributed by atoms with van der Waals surface area (Å²) in [6.45, 7) is 2.37. The number of carbonyl (C=O) groups is 1. The first kappa shape index (κ1) is 9.92. The van der Waals surface area contributed by atoms with Crippen molar-refractivity contribution in [3.05, 3.63) is 0 Å². The van der Waals surface area contributed by atoms with Crippen molar-refractivity contribution in [2.45, 2.75) is 31.8 Å². The summed E-state index contributed by atoms with van der Waals surface area (Å²) in [7, 11) is -3.36. The Morgan fingerprint density at radius 3 is 2.93 bits per heavy atom. The van der Waals surface area contributed by atoms with E-state index < -0.39 is 10.0 Å². The molecule has 80 valence electrons. The average Bonchev–Trinajstić information content (AvgIpc) is 2.62. The van der Waals surface area contributed by atoms with E-state index >= 15 is 0 Å². The first-order valence-electron chi connectivity index (χ1n) is 4.84. The molecule has 0 aliphatic carbocycles.